The molecule has 0 saturated carbocycles. The predicted octanol–water partition coefficient (Wildman–Crippen LogP) is 5.43. The molecule has 7 heteroatoms. The third kappa shape index (κ3) is 5.82. The summed E-state index contributed by atoms with van der Waals surface area (Å²) in [6, 6.07) is 22.9. The molecule has 0 fully saturated rings. The molecule has 3 rings (SSSR count). The van der Waals surface area contributed by atoms with Crippen molar-refractivity contribution in [3.63, 3.8) is 0 Å². The first-order valence-electron chi connectivity index (χ1n) is 10.1. The lowest BCUT2D eigenvalue weighted by Gasteiger charge is -2.19. The fourth-order valence-corrected chi connectivity index (χ4v) is 3.06. The van der Waals surface area contributed by atoms with Gasteiger partial charge in [0.2, 0.25) is 5.75 Å². The maximum absolute atomic E-state index is 11.6. The molecule has 7 nitrogen and oxygen atoms in total. The lowest BCUT2D eigenvalue weighted by atomic mass is 10.2. The molecule has 0 unspecified atom stereocenters. The van der Waals surface area contributed by atoms with Crippen molar-refractivity contribution >= 4 is 17.6 Å². The van der Waals surface area contributed by atoms with Crippen molar-refractivity contribution < 1.29 is 14.4 Å². The Kier molecular flexibility index (Phi) is 7.59. The molecule has 0 aliphatic rings. The molecule has 0 aliphatic carbocycles. The van der Waals surface area contributed by atoms with Crippen LogP contribution in [0.3, 0.4) is 0 Å². The van der Waals surface area contributed by atoms with Gasteiger partial charge >= 0.3 is 5.69 Å². The van der Waals surface area contributed by atoms with E-state index in [4.69, 9.17) is 9.47 Å². The summed E-state index contributed by atoms with van der Waals surface area (Å²) in [6.07, 6.45) is 1.60. The van der Waals surface area contributed by atoms with Crippen molar-refractivity contribution in [3.05, 3.63) is 94.0 Å². The normalized spacial score (nSPS) is 10.8. The van der Waals surface area contributed by atoms with Gasteiger partial charge in [-0.25, -0.2) is 0 Å². The SMILES string of the molecule is CCOc1cc(/C=N/N(Cc2ccccc2)c2ccccc2)cc([N+](=O)[O-])c1OCC. The van der Waals surface area contributed by atoms with Crippen LogP contribution in [0.2, 0.25) is 0 Å². The first kappa shape index (κ1) is 21.8. The van der Waals surface area contributed by atoms with Crippen LogP contribution in [0.15, 0.2) is 77.9 Å². The van der Waals surface area contributed by atoms with Crippen LogP contribution in [0.25, 0.3) is 0 Å². The zero-order valence-electron chi connectivity index (χ0n) is 17.6. The first-order chi connectivity index (χ1) is 15.1. The Hall–Kier alpha value is -3.87. The maximum Gasteiger partial charge on any atom is 0.315 e. The summed E-state index contributed by atoms with van der Waals surface area (Å²) < 4.78 is 11.1. The van der Waals surface area contributed by atoms with Crippen LogP contribution >= 0.6 is 0 Å². The van der Waals surface area contributed by atoms with Gasteiger partial charge in [-0.15, -0.1) is 0 Å². The van der Waals surface area contributed by atoms with Gasteiger partial charge < -0.3 is 9.47 Å². The number of ether oxygens (including phenoxy) is 2. The molecule has 0 heterocycles. The van der Waals surface area contributed by atoms with Crippen molar-refractivity contribution in [2.24, 2.45) is 5.10 Å². The summed E-state index contributed by atoms with van der Waals surface area (Å²) in [4.78, 5) is 11.2. The minimum atomic E-state index is -0.468. The highest BCUT2D eigenvalue weighted by atomic mass is 16.6. The first-order valence-corrected chi connectivity index (χ1v) is 10.1. The van der Waals surface area contributed by atoms with E-state index in [1.165, 1.54) is 6.07 Å². The summed E-state index contributed by atoms with van der Waals surface area (Å²) >= 11 is 0. The second-order valence-electron chi connectivity index (χ2n) is 6.61. The molecule has 160 valence electrons. The lowest BCUT2D eigenvalue weighted by molar-refractivity contribution is -0.385. The van der Waals surface area contributed by atoms with E-state index in [1.807, 2.05) is 72.6 Å². The van der Waals surface area contributed by atoms with E-state index in [0.29, 0.717) is 31.1 Å². The Balaban J connectivity index is 1.98. The van der Waals surface area contributed by atoms with E-state index >= 15 is 0 Å². The van der Waals surface area contributed by atoms with Gasteiger partial charge in [0.05, 0.1) is 36.6 Å². The molecule has 0 amide bonds. The average molecular weight is 419 g/mol. The average Bonchev–Trinajstić information content (AvgIpc) is 2.79. The number of hydrogen-bond acceptors (Lipinski definition) is 6. The Bertz CT molecular complexity index is 1020. The highest BCUT2D eigenvalue weighted by molar-refractivity contribution is 5.84. The van der Waals surface area contributed by atoms with Crippen LogP contribution < -0.4 is 14.5 Å². The van der Waals surface area contributed by atoms with E-state index < -0.39 is 4.92 Å². The summed E-state index contributed by atoms with van der Waals surface area (Å²) in [5.74, 6) is 0.463. The molecule has 3 aromatic carbocycles. The molecule has 0 bridgehead atoms. The quantitative estimate of drug-likeness (QED) is 0.249. The fourth-order valence-electron chi connectivity index (χ4n) is 3.06. The number of para-hydroxylation sites is 1. The maximum atomic E-state index is 11.6. The third-order valence-corrected chi connectivity index (χ3v) is 4.42. The van der Waals surface area contributed by atoms with Crippen LogP contribution in [-0.4, -0.2) is 24.4 Å². The topological polar surface area (TPSA) is 77.2 Å². The lowest BCUT2D eigenvalue weighted by Crippen LogP contribution is -2.16. The molecular formula is C24H25N3O4. The van der Waals surface area contributed by atoms with Gasteiger partial charge in [0.1, 0.15) is 0 Å². The minimum absolute atomic E-state index is 0.135. The van der Waals surface area contributed by atoms with E-state index in [1.54, 1.807) is 19.2 Å². The van der Waals surface area contributed by atoms with Crippen LogP contribution in [0, 0.1) is 10.1 Å². The summed E-state index contributed by atoms with van der Waals surface area (Å²) in [6.45, 7) is 4.81. The number of hydrogen-bond donors (Lipinski definition) is 0. The van der Waals surface area contributed by atoms with Crippen molar-refractivity contribution in [1.82, 2.24) is 0 Å². The van der Waals surface area contributed by atoms with Gasteiger partial charge in [-0.05, 0) is 37.6 Å². The minimum Gasteiger partial charge on any atom is -0.490 e. The van der Waals surface area contributed by atoms with Gasteiger partial charge in [-0.1, -0.05) is 48.5 Å². The van der Waals surface area contributed by atoms with E-state index in [2.05, 4.69) is 5.10 Å². The number of nitro benzene ring substituents is 1. The smallest absolute Gasteiger partial charge is 0.315 e. The number of benzene rings is 3. The molecule has 0 radical (unpaired) electrons. The Morgan fingerprint density at radius 2 is 1.61 bits per heavy atom. The molecule has 0 saturated heterocycles. The predicted molar refractivity (Wildman–Crippen MR) is 122 cm³/mol. The molecule has 0 N–H and O–H groups in total. The molecule has 0 aromatic heterocycles. The van der Waals surface area contributed by atoms with Gasteiger partial charge in [0, 0.05) is 11.6 Å². The molecule has 0 atom stereocenters. The van der Waals surface area contributed by atoms with Gasteiger partial charge in [0.15, 0.2) is 5.75 Å². The van der Waals surface area contributed by atoms with E-state index in [9.17, 15) is 10.1 Å². The largest absolute Gasteiger partial charge is 0.490 e. The Morgan fingerprint density at radius 3 is 2.23 bits per heavy atom. The van der Waals surface area contributed by atoms with Crippen molar-refractivity contribution in [2.75, 3.05) is 18.2 Å². The fraction of sp³-hybridized carbons (Fsp3) is 0.208. The van der Waals surface area contributed by atoms with Crippen molar-refractivity contribution in [1.29, 1.82) is 0 Å². The Morgan fingerprint density at radius 1 is 0.968 bits per heavy atom. The summed E-state index contributed by atoms with van der Waals surface area (Å²) in [5.41, 5.74) is 2.40. The number of hydrazone groups is 1. The third-order valence-electron chi connectivity index (χ3n) is 4.42. The zero-order chi connectivity index (χ0) is 22.1. The number of anilines is 1. The monoisotopic (exact) mass is 419 g/mol. The van der Waals surface area contributed by atoms with Gasteiger partial charge in [-0.2, -0.15) is 5.10 Å². The Labute approximate surface area is 181 Å². The van der Waals surface area contributed by atoms with Crippen LogP contribution in [0.5, 0.6) is 11.5 Å². The van der Waals surface area contributed by atoms with E-state index in [0.717, 1.165) is 11.3 Å². The van der Waals surface area contributed by atoms with E-state index in [-0.39, 0.29) is 11.4 Å². The second-order valence-corrected chi connectivity index (χ2v) is 6.61. The van der Waals surface area contributed by atoms with Crippen LogP contribution in [0.1, 0.15) is 25.0 Å². The van der Waals surface area contributed by atoms with Crippen LogP contribution in [-0.2, 0) is 6.54 Å². The van der Waals surface area contributed by atoms with Gasteiger partial charge in [0.25, 0.3) is 0 Å². The van der Waals surface area contributed by atoms with Crippen molar-refractivity contribution in [3.8, 4) is 11.5 Å². The summed E-state index contributed by atoms with van der Waals surface area (Å²) in [5, 5.41) is 18.1. The molecular weight excluding hydrogens is 394 g/mol. The van der Waals surface area contributed by atoms with Crippen LogP contribution in [0.4, 0.5) is 11.4 Å². The van der Waals surface area contributed by atoms with Crippen molar-refractivity contribution in [2.45, 2.75) is 20.4 Å². The summed E-state index contributed by atoms with van der Waals surface area (Å²) in [7, 11) is 0. The molecule has 31 heavy (non-hydrogen) atoms. The highest BCUT2D eigenvalue weighted by Gasteiger charge is 2.22. The number of nitro groups is 1. The second kappa shape index (κ2) is 10.8. The number of rotatable bonds is 10. The molecule has 0 spiro atoms. The standard InChI is InChI=1S/C24H25N3O4/c1-3-30-23-16-20(15-22(27(28)29)24(23)31-4-2)17-25-26(21-13-9-6-10-14-21)18-19-11-7-5-8-12-19/h5-17H,3-4,18H2,1-2H3/b25-17+. The molecule has 3 aromatic rings. The zero-order valence-corrected chi connectivity index (χ0v) is 17.6. The van der Waals surface area contributed by atoms with Gasteiger partial charge in [-0.3, -0.25) is 15.1 Å². The molecule has 0 aliphatic heterocycles. The number of nitrogens with zero attached hydrogens (tertiary/aromatic N) is 3. The highest BCUT2D eigenvalue weighted by Crippen LogP contribution is 2.38.